The molecule has 3 rings (SSSR count). The smallest absolute Gasteiger partial charge is 0.274 e. The monoisotopic (exact) mass is 486 g/mol. The van der Waals surface area contributed by atoms with Gasteiger partial charge in [0.2, 0.25) is 0 Å². The summed E-state index contributed by atoms with van der Waals surface area (Å²) in [6, 6.07) is 4.82. The number of alkyl halides is 1. The Kier molecular flexibility index (Phi) is 7.06. The van der Waals surface area contributed by atoms with E-state index in [9.17, 15) is 13.6 Å². The largest absolute Gasteiger partial charge is 0.383 e. The molecule has 6 nitrogen and oxygen atoms in total. The van der Waals surface area contributed by atoms with Gasteiger partial charge >= 0.3 is 0 Å². The van der Waals surface area contributed by atoms with Crippen molar-refractivity contribution in [1.82, 2.24) is 4.98 Å². The number of pyridine rings is 1. The lowest BCUT2D eigenvalue weighted by Crippen LogP contribution is -2.53. The predicted molar refractivity (Wildman–Crippen MR) is 120 cm³/mol. The topological polar surface area (TPSA) is 89.6 Å². The van der Waals surface area contributed by atoms with Gasteiger partial charge in [-0.25, -0.2) is 23.1 Å². The molecule has 0 fully saturated rings. The van der Waals surface area contributed by atoms with E-state index in [4.69, 9.17) is 22.1 Å². The quantitative estimate of drug-likeness (QED) is 0.626. The molecule has 1 aromatic heterocycles. The molecule has 0 bridgehead atoms. The van der Waals surface area contributed by atoms with E-state index in [1.165, 1.54) is 43.3 Å². The molecule has 2 heterocycles. The first-order chi connectivity index (χ1) is 15.1. The number of benzene rings is 1. The van der Waals surface area contributed by atoms with Crippen LogP contribution in [0.3, 0.4) is 0 Å². The summed E-state index contributed by atoms with van der Waals surface area (Å²) < 4.78 is 48.7. The average molecular weight is 487 g/mol. The number of rotatable bonds is 6. The molecular weight excluding hydrogens is 465 g/mol. The minimum Gasteiger partial charge on any atom is -0.383 e. The van der Waals surface area contributed by atoms with E-state index in [1.54, 1.807) is 13.8 Å². The number of aliphatic imine (C=N–C) groups is 1. The van der Waals surface area contributed by atoms with Crippen molar-refractivity contribution >= 4 is 40.1 Å². The number of methoxy groups -OCH3 is 1. The normalized spacial score (nSPS) is 25.3. The lowest BCUT2D eigenvalue weighted by Gasteiger charge is -2.47. The van der Waals surface area contributed by atoms with Crippen molar-refractivity contribution < 1.29 is 22.7 Å². The Morgan fingerprint density at radius 2 is 2.09 bits per heavy atom. The van der Waals surface area contributed by atoms with Gasteiger partial charge in [0.15, 0.2) is 16.8 Å². The maximum absolute atomic E-state index is 15.0. The van der Waals surface area contributed by atoms with E-state index in [-0.39, 0.29) is 28.7 Å². The minimum atomic E-state index is -1.81. The highest BCUT2D eigenvalue weighted by Gasteiger charge is 2.53. The number of carbonyl (C=O) groups excluding carboxylic acids is 1. The number of nitrogens with two attached hydrogens (primary N) is 1. The highest BCUT2D eigenvalue weighted by atomic mass is 35.5. The number of ether oxygens (including phenoxy) is 1. The Hall–Kier alpha value is -2.30. The molecule has 1 amide bonds. The second-order valence-corrected chi connectivity index (χ2v) is 9.70. The third-order valence-corrected chi connectivity index (χ3v) is 7.09. The van der Waals surface area contributed by atoms with Crippen LogP contribution in [0.1, 0.15) is 29.9 Å². The van der Waals surface area contributed by atoms with Crippen LogP contribution in [0.4, 0.5) is 18.9 Å². The summed E-state index contributed by atoms with van der Waals surface area (Å²) >= 11 is 6.96. The molecule has 0 spiro atoms. The lowest BCUT2D eigenvalue weighted by atomic mass is 9.73. The van der Waals surface area contributed by atoms with Crippen LogP contribution >= 0.6 is 23.4 Å². The Morgan fingerprint density at radius 1 is 1.38 bits per heavy atom. The van der Waals surface area contributed by atoms with Crippen LogP contribution in [0, 0.1) is 17.6 Å². The Labute approximate surface area is 192 Å². The molecule has 11 heteroatoms. The van der Waals surface area contributed by atoms with Crippen LogP contribution in [0.25, 0.3) is 0 Å². The second kappa shape index (κ2) is 9.29. The average Bonchev–Trinajstić information content (AvgIpc) is 2.74. The highest BCUT2D eigenvalue weighted by Crippen LogP contribution is 2.51. The van der Waals surface area contributed by atoms with Crippen LogP contribution in [-0.2, 0) is 10.3 Å². The molecule has 2 aromatic rings. The number of nitrogens with zero attached hydrogens (tertiary/aromatic N) is 2. The number of carbonyl (C=O) groups is 1. The molecule has 1 unspecified atom stereocenters. The van der Waals surface area contributed by atoms with Crippen molar-refractivity contribution in [3.05, 3.63) is 58.4 Å². The van der Waals surface area contributed by atoms with Crippen molar-refractivity contribution in [2.75, 3.05) is 25.7 Å². The van der Waals surface area contributed by atoms with E-state index < -0.39 is 40.4 Å². The minimum absolute atomic E-state index is 0.0123. The standard InChI is InChI=1S/C21H22ClF3N4O2S/c1-11-20(2,10-31-3)32-19(26)29-21(11,9-23)14-6-13(7-15(24)17(14)25)28-18(30)16-5-4-12(22)8-27-16/h4-8,11H,9-10H2,1-3H3,(H2,26,29)(H,28,30)/t11?,20-,21+/m1/s1. The van der Waals surface area contributed by atoms with Crippen molar-refractivity contribution in [2.24, 2.45) is 16.6 Å². The van der Waals surface area contributed by atoms with Crippen molar-refractivity contribution in [3.8, 4) is 0 Å². The van der Waals surface area contributed by atoms with Crippen LogP contribution in [0.5, 0.6) is 0 Å². The van der Waals surface area contributed by atoms with Gasteiger partial charge in [-0.1, -0.05) is 30.3 Å². The molecule has 0 aliphatic carbocycles. The van der Waals surface area contributed by atoms with Crippen LogP contribution in [0.15, 0.2) is 35.5 Å². The molecule has 0 saturated heterocycles. The maximum Gasteiger partial charge on any atom is 0.274 e. The van der Waals surface area contributed by atoms with Gasteiger partial charge in [0.1, 0.15) is 17.9 Å². The molecule has 0 saturated carbocycles. The third-order valence-electron chi connectivity index (χ3n) is 5.63. The molecule has 32 heavy (non-hydrogen) atoms. The number of anilines is 1. The van der Waals surface area contributed by atoms with Gasteiger partial charge in [0, 0.05) is 41.3 Å². The molecular formula is C21H22ClF3N4O2S. The fraction of sp³-hybridized carbons (Fsp3) is 0.381. The first-order valence-corrected chi connectivity index (χ1v) is 10.8. The molecule has 3 N–H and O–H groups in total. The predicted octanol–water partition coefficient (Wildman–Crippen LogP) is 4.53. The number of nitrogens with one attached hydrogen (secondary N) is 1. The second-order valence-electron chi connectivity index (χ2n) is 7.71. The number of thioether (sulfide) groups is 1. The van der Waals surface area contributed by atoms with Gasteiger partial charge in [-0.2, -0.15) is 0 Å². The first kappa shape index (κ1) is 24.3. The summed E-state index contributed by atoms with van der Waals surface area (Å²) in [7, 11) is 1.48. The number of halogens is 4. The van der Waals surface area contributed by atoms with E-state index in [1.807, 2.05) is 0 Å². The van der Waals surface area contributed by atoms with Gasteiger partial charge in [-0.3, -0.25) is 4.79 Å². The Morgan fingerprint density at radius 3 is 2.69 bits per heavy atom. The number of hydrogen-bond donors (Lipinski definition) is 2. The molecule has 3 atom stereocenters. The highest BCUT2D eigenvalue weighted by molar-refractivity contribution is 8.15. The summed E-state index contributed by atoms with van der Waals surface area (Å²) in [5.41, 5.74) is 3.74. The summed E-state index contributed by atoms with van der Waals surface area (Å²) in [4.78, 5) is 20.6. The van der Waals surface area contributed by atoms with Gasteiger partial charge in [0.05, 0.1) is 11.6 Å². The summed E-state index contributed by atoms with van der Waals surface area (Å²) in [6.07, 6.45) is 1.28. The van der Waals surface area contributed by atoms with E-state index in [0.717, 1.165) is 6.07 Å². The number of aromatic nitrogens is 1. The fourth-order valence-electron chi connectivity index (χ4n) is 3.78. The number of amides is 1. The van der Waals surface area contributed by atoms with Crippen molar-refractivity contribution in [1.29, 1.82) is 0 Å². The summed E-state index contributed by atoms with van der Waals surface area (Å²) in [6.45, 7) is 2.52. The summed E-state index contributed by atoms with van der Waals surface area (Å²) in [5.74, 6) is -3.84. The van der Waals surface area contributed by atoms with Crippen LogP contribution < -0.4 is 11.1 Å². The SMILES string of the molecule is COC[C@@]1(C)SC(N)=N[C@](CF)(c2cc(NC(=O)c3ccc(Cl)cn3)cc(F)c2F)C1C. The van der Waals surface area contributed by atoms with Crippen molar-refractivity contribution in [3.63, 3.8) is 0 Å². The van der Waals surface area contributed by atoms with Crippen LogP contribution in [0.2, 0.25) is 5.02 Å². The molecule has 1 aliphatic heterocycles. The molecule has 1 aliphatic rings. The van der Waals surface area contributed by atoms with E-state index >= 15 is 4.39 Å². The zero-order valence-corrected chi connectivity index (χ0v) is 19.2. The number of amidine groups is 1. The van der Waals surface area contributed by atoms with Crippen LogP contribution in [-0.4, -0.2) is 41.2 Å². The Bertz CT molecular complexity index is 1060. The fourth-order valence-corrected chi connectivity index (χ4v) is 5.13. The maximum atomic E-state index is 15.0. The van der Waals surface area contributed by atoms with E-state index in [0.29, 0.717) is 5.02 Å². The third kappa shape index (κ3) is 4.44. The molecule has 0 radical (unpaired) electrons. The van der Waals surface area contributed by atoms with Crippen molar-refractivity contribution in [2.45, 2.75) is 24.1 Å². The van der Waals surface area contributed by atoms with Gasteiger partial charge in [-0.15, -0.1) is 0 Å². The summed E-state index contributed by atoms with van der Waals surface area (Å²) in [5, 5.41) is 2.82. The zero-order chi connectivity index (χ0) is 23.7. The first-order valence-electron chi connectivity index (χ1n) is 9.58. The van der Waals surface area contributed by atoms with Gasteiger partial charge < -0.3 is 15.8 Å². The number of hydrogen-bond acceptors (Lipinski definition) is 6. The zero-order valence-electron chi connectivity index (χ0n) is 17.6. The van der Waals surface area contributed by atoms with E-state index in [2.05, 4.69) is 15.3 Å². The Balaban J connectivity index is 2.08. The molecule has 172 valence electrons. The van der Waals surface area contributed by atoms with Gasteiger partial charge in [0.25, 0.3) is 5.91 Å². The lowest BCUT2D eigenvalue weighted by molar-refractivity contribution is 0.102. The van der Waals surface area contributed by atoms with Gasteiger partial charge in [-0.05, 0) is 25.1 Å². The molecule has 1 aromatic carbocycles.